The Balaban J connectivity index is 1.04. The predicted octanol–water partition coefficient (Wildman–Crippen LogP) is 14.3. The van der Waals surface area contributed by atoms with Crippen LogP contribution in [0.5, 0.6) is 0 Å². The van der Waals surface area contributed by atoms with Gasteiger partial charge in [0.15, 0.2) is 0 Å². The third-order valence-electron chi connectivity index (χ3n) is 10.9. The summed E-state index contributed by atoms with van der Waals surface area (Å²) in [5, 5.41) is 5.11. The van der Waals surface area contributed by atoms with Gasteiger partial charge in [0, 0.05) is 42.3 Å². The van der Waals surface area contributed by atoms with Gasteiger partial charge >= 0.3 is 0 Å². The summed E-state index contributed by atoms with van der Waals surface area (Å²) in [6.07, 6.45) is 0. The summed E-state index contributed by atoms with van der Waals surface area (Å²) in [7, 11) is 0. The Bertz CT molecular complexity index is 2760. The Hall–Kier alpha value is -5.96. The van der Waals surface area contributed by atoms with Gasteiger partial charge in [0.1, 0.15) is 0 Å². The minimum atomic E-state index is -0.0253. The predicted molar refractivity (Wildman–Crippen MR) is 220 cm³/mol. The summed E-state index contributed by atoms with van der Waals surface area (Å²) in [6.45, 7) is 4.70. The van der Waals surface area contributed by atoms with Crippen molar-refractivity contribution in [3.05, 3.63) is 187 Å². The van der Waals surface area contributed by atoms with E-state index in [2.05, 4.69) is 195 Å². The zero-order valence-electron chi connectivity index (χ0n) is 28.6. The van der Waals surface area contributed by atoms with Crippen LogP contribution in [-0.2, 0) is 5.41 Å². The van der Waals surface area contributed by atoms with Crippen molar-refractivity contribution in [1.29, 1.82) is 0 Å². The molecule has 1 aliphatic carbocycles. The molecule has 0 spiro atoms. The van der Waals surface area contributed by atoms with Gasteiger partial charge in [0.2, 0.25) is 0 Å². The van der Waals surface area contributed by atoms with Crippen LogP contribution in [0.25, 0.3) is 64.3 Å². The summed E-state index contributed by atoms with van der Waals surface area (Å²) in [6, 6.07) is 64.9. The molecule has 1 aliphatic rings. The number of anilines is 3. The van der Waals surface area contributed by atoms with Crippen molar-refractivity contribution in [2.24, 2.45) is 0 Å². The molecule has 1 nitrogen and oxygen atoms in total. The van der Waals surface area contributed by atoms with E-state index in [1.165, 1.54) is 75.5 Å². The highest BCUT2D eigenvalue weighted by molar-refractivity contribution is 7.25. The van der Waals surface area contributed by atoms with Gasteiger partial charge in [-0.05, 0) is 104 Å². The number of hydrogen-bond donors (Lipinski definition) is 0. The van der Waals surface area contributed by atoms with Gasteiger partial charge in [-0.3, -0.25) is 0 Å². The van der Waals surface area contributed by atoms with Crippen LogP contribution in [0.4, 0.5) is 17.1 Å². The van der Waals surface area contributed by atoms with E-state index in [0.717, 1.165) is 17.1 Å². The normalized spacial score (nSPS) is 13.1. The zero-order valence-corrected chi connectivity index (χ0v) is 29.4. The fourth-order valence-corrected chi connectivity index (χ4v) is 9.31. The highest BCUT2D eigenvalue weighted by Gasteiger charge is 2.35. The molecule has 242 valence electrons. The van der Waals surface area contributed by atoms with Crippen molar-refractivity contribution in [3.63, 3.8) is 0 Å². The van der Waals surface area contributed by atoms with Crippen molar-refractivity contribution in [2.45, 2.75) is 19.3 Å². The van der Waals surface area contributed by atoms with E-state index >= 15 is 0 Å². The van der Waals surface area contributed by atoms with Gasteiger partial charge in [-0.1, -0.05) is 135 Å². The van der Waals surface area contributed by atoms with E-state index in [-0.39, 0.29) is 5.41 Å². The second-order valence-corrected chi connectivity index (χ2v) is 15.3. The molecule has 1 heterocycles. The fraction of sp³-hybridized carbons (Fsp3) is 0.0612. The quantitative estimate of drug-likeness (QED) is 0.176. The Kier molecular flexibility index (Phi) is 6.78. The lowest BCUT2D eigenvalue weighted by atomic mass is 9.81. The lowest BCUT2D eigenvalue weighted by molar-refractivity contribution is 0.660. The van der Waals surface area contributed by atoms with Crippen molar-refractivity contribution < 1.29 is 0 Å². The van der Waals surface area contributed by atoms with Gasteiger partial charge in [-0.2, -0.15) is 0 Å². The smallest absolute Gasteiger partial charge is 0.0540 e. The second kappa shape index (κ2) is 11.6. The number of fused-ring (bicyclic) bond motifs is 7. The first-order valence-corrected chi connectivity index (χ1v) is 18.5. The van der Waals surface area contributed by atoms with Crippen LogP contribution in [0.2, 0.25) is 0 Å². The molecule has 0 bridgehead atoms. The maximum Gasteiger partial charge on any atom is 0.0540 e. The van der Waals surface area contributed by atoms with Crippen molar-refractivity contribution in [2.75, 3.05) is 4.90 Å². The molecule has 8 aromatic carbocycles. The highest BCUT2D eigenvalue weighted by atomic mass is 32.1. The largest absolute Gasteiger partial charge is 0.310 e. The molecule has 10 rings (SSSR count). The molecule has 0 saturated carbocycles. The first-order valence-electron chi connectivity index (χ1n) is 17.7. The first kappa shape index (κ1) is 29.9. The number of thiophene rings is 1. The van der Waals surface area contributed by atoms with Crippen molar-refractivity contribution in [3.8, 4) is 33.4 Å². The molecule has 51 heavy (non-hydrogen) atoms. The monoisotopic (exact) mass is 669 g/mol. The minimum Gasteiger partial charge on any atom is -0.310 e. The van der Waals surface area contributed by atoms with Crippen LogP contribution in [0, 0.1) is 0 Å². The van der Waals surface area contributed by atoms with Gasteiger partial charge in [0.25, 0.3) is 0 Å². The Labute approximate surface area is 302 Å². The molecule has 0 atom stereocenters. The number of rotatable bonds is 5. The molecule has 2 heteroatoms. The molecular formula is C49H35NS. The summed E-state index contributed by atoms with van der Waals surface area (Å²) < 4.78 is 2.66. The van der Waals surface area contributed by atoms with E-state index in [9.17, 15) is 0 Å². The van der Waals surface area contributed by atoms with E-state index in [4.69, 9.17) is 0 Å². The molecule has 0 amide bonds. The Morgan fingerprint density at radius 3 is 1.76 bits per heavy atom. The van der Waals surface area contributed by atoms with Gasteiger partial charge in [-0.15, -0.1) is 11.3 Å². The van der Waals surface area contributed by atoms with E-state index in [1.807, 2.05) is 11.3 Å². The molecule has 0 fully saturated rings. The highest BCUT2D eigenvalue weighted by Crippen LogP contribution is 2.50. The average molecular weight is 670 g/mol. The zero-order chi connectivity index (χ0) is 34.1. The van der Waals surface area contributed by atoms with Crippen LogP contribution in [0.1, 0.15) is 25.0 Å². The van der Waals surface area contributed by atoms with Crippen LogP contribution < -0.4 is 4.90 Å². The number of benzene rings is 8. The lowest BCUT2D eigenvalue weighted by Crippen LogP contribution is -2.14. The molecule has 1 aromatic heterocycles. The van der Waals surface area contributed by atoms with Crippen molar-refractivity contribution in [1.82, 2.24) is 0 Å². The first-order chi connectivity index (χ1) is 25.0. The molecular weight excluding hydrogens is 635 g/mol. The van der Waals surface area contributed by atoms with Crippen LogP contribution >= 0.6 is 11.3 Å². The fourth-order valence-electron chi connectivity index (χ4n) is 8.23. The molecule has 0 aliphatic heterocycles. The average Bonchev–Trinajstić information content (AvgIpc) is 3.67. The van der Waals surface area contributed by atoms with E-state index < -0.39 is 0 Å². The maximum absolute atomic E-state index is 2.40. The maximum atomic E-state index is 2.40. The SMILES string of the molecule is CC1(C)c2ccccc2-c2ccc(-c3ccc(N(c4ccc(-c5ccc6sc7ccccc7c6c5)cc4)c4cccc5ccccc45)cc3)cc21. The lowest BCUT2D eigenvalue weighted by Gasteiger charge is -2.27. The summed E-state index contributed by atoms with van der Waals surface area (Å²) in [5.74, 6) is 0. The van der Waals surface area contributed by atoms with Gasteiger partial charge in [0.05, 0.1) is 5.69 Å². The van der Waals surface area contributed by atoms with E-state index in [1.54, 1.807) is 0 Å². The van der Waals surface area contributed by atoms with Gasteiger partial charge in [-0.25, -0.2) is 0 Å². The molecule has 0 radical (unpaired) electrons. The summed E-state index contributed by atoms with van der Waals surface area (Å²) >= 11 is 1.86. The van der Waals surface area contributed by atoms with Crippen molar-refractivity contribution >= 4 is 59.3 Å². The van der Waals surface area contributed by atoms with Gasteiger partial charge < -0.3 is 4.90 Å². The Morgan fingerprint density at radius 2 is 0.980 bits per heavy atom. The van der Waals surface area contributed by atoms with Crippen LogP contribution in [-0.4, -0.2) is 0 Å². The van der Waals surface area contributed by atoms with E-state index in [0.29, 0.717) is 0 Å². The third-order valence-corrected chi connectivity index (χ3v) is 12.0. The van der Waals surface area contributed by atoms with Crippen LogP contribution in [0.15, 0.2) is 176 Å². The molecule has 0 saturated heterocycles. The minimum absolute atomic E-state index is 0.0253. The molecule has 9 aromatic rings. The second-order valence-electron chi connectivity index (χ2n) is 14.2. The van der Waals surface area contributed by atoms with Crippen LogP contribution in [0.3, 0.4) is 0 Å². The molecule has 0 N–H and O–H groups in total. The topological polar surface area (TPSA) is 3.24 Å². The molecule has 0 unspecified atom stereocenters. The summed E-state index contributed by atoms with van der Waals surface area (Å²) in [5.41, 5.74) is 13.8. The Morgan fingerprint density at radius 1 is 0.412 bits per heavy atom. The number of nitrogens with zero attached hydrogens (tertiary/aromatic N) is 1. The number of hydrogen-bond acceptors (Lipinski definition) is 2. The summed E-state index contributed by atoms with van der Waals surface area (Å²) in [4.78, 5) is 2.40. The standard InChI is InChI=1S/C49H35NS/c1-49(2)44-15-7-5-13-40(44)41-28-22-36(31-45(41)49)33-20-26-38(27-21-33)50(46-16-9-11-34-10-3-4-12-39(34)46)37-24-18-32(19-25-37)35-23-29-48-43(30-35)42-14-6-8-17-47(42)51-48/h3-31H,1-2H3. The third kappa shape index (κ3) is 4.82.